The molecule has 1 atom stereocenters. The summed E-state index contributed by atoms with van der Waals surface area (Å²) in [5, 5.41) is 15.6. The highest BCUT2D eigenvalue weighted by Gasteiger charge is 2.28. The van der Waals surface area contributed by atoms with Gasteiger partial charge in [0.1, 0.15) is 6.04 Å². The van der Waals surface area contributed by atoms with Gasteiger partial charge >= 0.3 is 0 Å². The molecule has 1 aliphatic rings. The summed E-state index contributed by atoms with van der Waals surface area (Å²) in [6.07, 6.45) is 4.24. The zero-order valence-electron chi connectivity index (χ0n) is 11.3. The first-order chi connectivity index (χ1) is 10.7. The Balaban J connectivity index is 2.07. The van der Waals surface area contributed by atoms with Crippen LogP contribution in [0.5, 0.6) is 0 Å². The number of benzene rings is 1. The average Bonchev–Trinajstić information content (AvgIpc) is 3.18. The van der Waals surface area contributed by atoms with Crippen LogP contribution in [0, 0.1) is 24.0 Å². The molecule has 1 aromatic heterocycles. The van der Waals surface area contributed by atoms with Crippen molar-refractivity contribution in [3.05, 3.63) is 23.3 Å². The Morgan fingerprint density at radius 3 is 2.77 bits per heavy atom. The fourth-order valence-electron chi connectivity index (χ4n) is 2.15. The van der Waals surface area contributed by atoms with Crippen LogP contribution in [0.4, 0.5) is 14.6 Å². The minimum Gasteiger partial charge on any atom is -0.393 e. The molecule has 0 bridgehead atoms. The molecule has 22 heavy (non-hydrogen) atoms. The van der Waals surface area contributed by atoms with Crippen LogP contribution in [0.15, 0.2) is 10.6 Å². The molecule has 2 heterocycles. The van der Waals surface area contributed by atoms with Crippen LogP contribution in [0.1, 0.15) is 11.9 Å². The van der Waals surface area contributed by atoms with Crippen LogP contribution >= 0.6 is 0 Å². The molecular weight excluding hydrogens is 298 g/mol. The molecule has 1 fully saturated rings. The van der Waals surface area contributed by atoms with E-state index in [1.807, 2.05) is 0 Å². The van der Waals surface area contributed by atoms with Crippen molar-refractivity contribution in [2.75, 3.05) is 25.1 Å². The summed E-state index contributed by atoms with van der Waals surface area (Å²) in [6, 6.07) is 0.594. The summed E-state index contributed by atoms with van der Waals surface area (Å²) in [7, 11) is 0. The maximum absolute atomic E-state index is 14.1. The lowest BCUT2D eigenvalue weighted by atomic mass is 10.1. The summed E-state index contributed by atoms with van der Waals surface area (Å²) >= 11 is 0. The van der Waals surface area contributed by atoms with Gasteiger partial charge in [0.2, 0.25) is 11.4 Å². The maximum Gasteiger partial charge on any atom is 0.207 e. The van der Waals surface area contributed by atoms with Crippen LogP contribution in [-0.4, -0.2) is 36.1 Å². The Morgan fingerprint density at radius 2 is 2.14 bits per heavy atom. The first-order valence-corrected chi connectivity index (χ1v) is 6.49. The zero-order valence-corrected chi connectivity index (χ0v) is 11.3. The molecule has 0 radical (unpaired) electrons. The molecule has 0 saturated carbocycles. The number of hydrogen-bond acceptors (Lipinski definition) is 6. The van der Waals surface area contributed by atoms with E-state index in [0.717, 1.165) is 0 Å². The Kier molecular flexibility index (Phi) is 3.94. The second kappa shape index (κ2) is 5.88. The van der Waals surface area contributed by atoms with E-state index in [1.165, 1.54) is 6.07 Å². The topological polar surface area (TPSA) is 76.8 Å². The molecule has 1 aromatic carbocycles. The van der Waals surface area contributed by atoms with Gasteiger partial charge in [0.25, 0.3) is 0 Å². The number of anilines is 1. The number of aliphatic hydroxyl groups is 1. The van der Waals surface area contributed by atoms with Gasteiger partial charge in [-0.05, 0) is 6.07 Å². The molecule has 0 aliphatic carbocycles. The summed E-state index contributed by atoms with van der Waals surface area (Å²) in [5.74, 6) is 0.0926. The van der Waals surface area contributed by atoms with Crippen molar-refractivity contribution < 1.29 is 27.9 Å². The monoisotopic (exact) mass is 310 g/mol. The number of hydrogen-bond donors (Lipinski definition) is 2. The zero-order chi connectivity index (χ0) is 15.7. The van der Waals surface area contributed by atoms with Crippen molar-refractivity contribution >= 4 is 16.8 Å². The van der Waals surface area contributed by atoms with Gasteiger partial charge in [0, 0.05) is 5.56 Å². The third kappa shape index (κ3) is 2.39. The molecule has 2 N–H and O–H groups in total. The van der Waals surface area contributed by atoms with Crippen molar-refractivity contribution in [2.24, 2.45) is 0 Å². The van der Waals surface area contributed by atoms with Gasteiger partial charge in [-0.15, -0.1) is 6.42 Å². The van der Waals surface area contributed by atoms with E-state index in [9.17, 15) is 8.78 Å². The highest BCUT2D eigenvalue weighted by atomic mass is 19.2. The van der Waals surface area contributed by atoms with Crippen LogP contribution in [0.3, 0.4) is 0 Å². The summed E-state index contributed by atoms with van der Waals surface area (Å²) in [4.78, 5) is 0. The molecule has 1 saturated heterocycles. The SMILES string of the molecule is C#CC(CO)Nc1noc2c(F)c(F)c(C3OCCO3)cc12. The second-order valence-electron chi connectivity index (χ2n) is 4.62. The summed E-state index contributed by atoms with van der Waals surface area (Å²) in [5.41, 5.74) is -0.439. The van der Waals surface area contributed by atoms with Gasteiger partial charge < -0.3 is 24.4 Å². The first kappa shape index (κ1) is 14.7. The van der Waals surface area contributed by atoms with Gasteiger partial charge in [0.15, 0.2) is 17.9 Å². The first-order valence-electron chi connectivity index (χ1n) is 6.49. The number of ether oxygens (including phenoxy) is 2. The largest absolute Gasteiger partial charge is 0.393 e. The molecular formula is C14H12F2N2O4. The molecule has 2 aromatic rings. The summed E-state index contributed by atoms with van der Waals surface area (Å²) in [6.45, 7) is 0.237. The molecule has 8 heteroatoms. The van der Waals surface area contributed by atoms with Gasteiger partial charge in [-0.1, -0.05) is 11.1 Å². The lowest BCUT2D eigenvalue weighted by Crippen LogP contribution is -2.21. The molecule has 3 rings (SSSR count). The number of rotatable bonds is 4. The molecule has 1 aliphatic heterocycles. The number of nitrogens with one attached hydrogen (secondary N) is 1. The van der Waals surface area contributed by atoms with Crippen molar-refractivity contribution in [3.63, 3.8) is 0 Å². The predicted molar refractivity (Wildman–Crippen MR) is 71.9 cm³/mol. The Hall–Kier alpha value is -2.21. The smallest absolute Gasteiger partial charge is 0.207 e. The van der Waals surface area contributed by atoms with Gasteiger partial charge in [-0.25, -0.2) is 4.39 Å². The maximum atomic E-state index is 14.1. The quantitative estimate of drug-likeness (QED) is 0.835. The molecule has 6 nitrogen and oxygen atoms in total. The lowest BCUT2D eigenvalue weighted by molar-refractivity contribution is -0.0467. The lowest BCUT2D eigenvalue weighted by Gasteiger charge is -2.12. The van der Waals surface area contributed by atoms with Gasteiger partial charge in [0.05, 0.1) is 25.2 Å². The van der Waals surface area contributed by atoms with E-state index in [1.54, 1.807) is 0 Å². The van der Waals surface area contributed by atoms with Crippen molar-refractivity contribution in [1.29, 1.82) is 0 Å². The fraction of sp³-hybridized carbons (Fsp3) is 0.357. The number of terminal acetylenes is 1. The van der Waals surface area contributed by atoms with E-state index < -0.39 is 24.0 Å². The van der Waals surface area contributed by atoms with E-state index >= 15 is 0 Å². The fourth-order valence-corrected chi connectivity index (χ4v) is 2.15. The highest BCUT2D eigenvalue weighted by molar-refractivity contribution is 5.89. The Labute approximate surface area is 124 Å². The minimum atomic E-state index is -1.19. The standard InChI is InChI=1S/C14H12F2N2O4/c1-2-7(6-19)17-13-9-5-8(14-20-3-4-21-14)10(15)11(16)12(9)22-18-13/h1,5,7,14,19H,3-4,6H2,(H,17,18). The van der Waals surface area contributed by atoms with Crippen molar-refractivity contribution in [1.82, 2.24) is 5.16 Å². The second-order valence-corrected chi connectivity index (χ2v) is 4.62. The number of halogens is 2. The highest BCUT2D eigenvalue weighted by Crippen LogP contribution is 2.34. The molecule has 116 valence electrons. The molecule has 0 amide bonds. The van der Waals surface area contributed by atoms with Gasteiger partial charge in [-0.3, -0.25) is 0 Å². The van der Waals surface area contributed by atoms with Crippen LogP contribution in [0.25, 0.3) is 11.0 Å². The van der Waals surface area contributed by atoms with Crippen molar-refractivity contribution in [2.45, 2.75) is 12.3 Å². The average molecular weight is 310 g/mol. The predicted octanol–water partition coefficient (Wildman–Crippen LogP) is 1.56. The third-order valence-electron chi connectivity index (χ3n) is 3.24. The van der Waals surface area contributed by atoms with Gasteiger partial charge in [-0.2, -0.15) is 4.39 Å². The minimum absolute atomic E-state index is 0.0880. The van der Waals surface area contributed by atoms with Crippen molar-refractivity contribution in [3.8, 4) is 12.3 Å². The number of fused-ring (bicyclic) bond motifs is 1. The van der Waals surface area contributed by atoms with E-state index in [-0.39, 0.29) is 29.0 Å². The Bertz CT molecular complexity index is 734. The molecule has 0 spiro atoms. The number of aromatic nitrogens is 1. The van der Waals surface area contributed by atoms with Crippen LogP contribution < -0.4 is 5.32 Å². The molecule has 1 unspecified atom stereocenters. The summed E-state index contributed by atoms with van der Waals surface area (Å²) < 4.78 is 43.4. The van der Waals surface area contributed by atoms with Crippen LogP contribution in [0.2, 0.25) is 0 Å². The van der Waals surface area contributed by atoms with Crippen LogP contribution in [-0.2, 0) is 9.47 Å². The van der Waals surface area contributed by atoms with E-state index in [2.05, 4.69) is 16.4 Å². The Morgan fingerprint density at radius 1 is 1.41 bits per heavy atom. The third-order valence-corrected chi connectivity index (χ3v) is 3.24. The number of nitrogens with zero attached hydrogens (tertiary/aromatic N) is 1. The van der Waals surface area contributed by atoms with E-state index in [4.69, 9.17) is 25.5 Å². The number of aliphatic hydroxyl groups excluding tert-OH is 1. The van der Waals surface area contributed by atoms with E-state index in [0.29, 0.717) is 13.2 Å². The normalized spacial score (nSPS) is 16.8.